The summed E-state index contributed by atoms with van der Waals surface area (Å²) < 4.78 is 14.6. The topological polar surface area (TPSA) is 55.8 Å². The molecule has 2 saturated carbocycles. The summed E-state index contributed by atoms with van der Waals surface area (Å²) in [7, 11) is 2.44. The van der Waals surface area contributed by atoms with Gasteiger partial charge < -0.3 is 19.1 Å². The zero-order chi connectivity index (χ0) is 23.8. The molecule has 5 nitrogen and oxygen atoms in total. The Balaban J connectivity index is 1.31. The average molecular weight is 475 g/mol. The molecule has 0 aromatic heterocycles. The van der Waals surface area contributed by atoms with Crippen molar-refractivity contribution >= 4 is 5.78 Å². The second-order valence-corrected chi connectivity index (χ2v) is 12.0. The molecule has 3 fully saturated rings. The standard InChI is InChI=1S/C30H35NO4/c1-31(19-21-9-10-21)16-15-29-26-22-11-12-23(32)27(26)35-28(29)24(33)13-14-30(29,25(31)18-22)34-17-5-8-20-6-3-2-4-7-20/h2-4,6-7,11-12,21,25,28H,5,8-10,13-19H2,1H3/p+1/t25?,28?,29-,30+,31+/m0/s1. The number of carbonyl (C=O) groups is 1. The maximum atomic E-state index is 13.4. The number of ketones is 1. The largest absolute Gasteiger partial charge is 0.504 e. The van der Waals surface area contributed by atoms with E-state index >= 15 is 0 Å². The second-order valence-electron chi connectivity index (χ2n) is 12.0. The van der Waals surface area contributed by atoms with Gasteiger partial charge in [-0.05, 0) is 49.3 Å². The number of aryl methyl sites for hydroxylation is 1. The number of aromatic hydroxyl groups is 1. The highest BCUT2D eigenvalue weighted by molar-refractivity contribution is 5.90. The van der Waals surface area contributed by atoms with Crippen LogP contribution in [0.15, 0.2) is 42.5 Å². The normalized spacial score (nSPS) is 36.5. The van der Waals surface area contributed by atoms with Crippen LogP contribution in [0.2, 0.25) is 0 Å². The number of carbonyl (C=O) groups excluding carboxylic acids is 1. The minimum absolute atomic E-state index is 0.164. The summed E-state index contributed by atoms with van der Waals surface area (Å²) in [6.45, 7) is 2.93. The number of nitrogens with zero attached hydrogens (tertiary/aromatic N) is 1. The van der Waals surface area contributed by atoms with E-state index in [1.54, 1.807) is 6.07 Å². The number of Topliss-reactive ketones (excluding diaryl/α,β-unsaturated/α-hetero) is 1. The van der Waals surface area contributed by atoms with Gasteiger partial charge in [0.05, 0.1) is 25.6 Å². The van der Waals surface area contributed by atoms with Gasteiger partial charge in [-0.3, -0.25) is 4.79 Å². The average Bonchev–Trinajstić information content (AvgIpc) is 3.59. The molecule has 0 amide bonds. The van der Waals surface area contributed by atoms with Crippen molar-refractivity contribution in [3.63, 3.8) is 0 Å². The molecule has 2 unspecified atom stereocenters. The first-order valence-electron chi connectivity index (χ1n) is 13.5. The van der Waals surface area contributed by atoms with Crippen molar-refractivity contribution in [3.05, 3.63) is 59.2 Å². The van der Waals surface area contributed by atoms with Crippen LogP contribution in [0.3, 0.4) is 0 Å². The SMILES string of the molecule is C[N@+]1(CC2CC2)CC[C@]23c4c5ccc(O)c4OC2C(=O)CC[C@@]3(OCCCc2ccccc2)C1C5. The van der Waals surface area contributed by atoms with Gasteiger partial charge in [0, 0.05) is 37.4 Å². The summed E-state index contributed by atoms with van der Waals surface area (Å²) >= 11 is 0. The van der Waals surface area contributed by atoms with Crippen LogP contribution in [0.1, 0.15) is 55.2 Å². The molecule has 2 heterocycles. The minimum atomic E-state index is -0.537. The Kier molecular flexibility index (Phi) is 4.73. The molecular formula is C30H36NO4+. The Hall–Kier alpha value is -2.37. The fraction of sp³-hybridized carbons (Fsp3) is 0.567. The molecule has 3 aliphatic carbocycles. The molecular weight excluding hydrogens is 438 g/mol. The van der Waals surface area contributed by atoms with Gasteiger partial charge in [-0.2, -0.15) is 0 Å². The van der Waals surface area contributed by atoms with E-state index in [-0.39, 0.29) is 11.5 Å². The van der Waals surface area contributed by atoms with Crippen molar-refractivity contribution < 1.29 is 23.9 Å². The Morgan fingerprint density at radius 2 is 1.97 bits per heavy atom. The van der Waals surface area contributed by atoms with Gasteiger partial charge in [0.1, 0.15) is 11.6 Å². The molecule has 184 valence electrons. The summed E-state index contributed by atoms with van der Waals surface area (Å²) in [5, 5.41) is 10.8. The quantitative estimate of drug-likeness (QED) is 0.480. The van der Waals surface area contributed by atoms with E-state index in [4.69, 9.17) is 9.47 Å². The van der Waals surface area contributed by atoms with E-state index in [9.17, 15) is 9.90 Å². The number of benzene rings is 2. The smallest absolute Gasteiger partial charge is 0.174 e. The van der Waals surface area contributed by atoms with Gasteiger partial charge in [0.25, 0.3) is 0 Å². The molecule has 1 N–H and O–H groups in total. The van der Waals surface area contributed by atoms with Crippen molar-refractivity contribution in [2.75, 3.05) is 26.7 Å². The molecule has 2 bridgehead atoms. The van der Waals surface area contributed by atoms with Crippen molar-refractivity contribution in [2.24, 2.45) is 5.92 Å². The third-order valence-electron chi connectivity index (χ3n) is 10.0. The van der Waals surface area contributed by atoms with Gasteiger partial charge in [-0.1, -0.05) is 36.4 Å². The van der Waals surface area contributed by atoms with Crippen molar-refractivity contribution in [2.45, 2.75) is 74.5 Å². The van der Waals surface area contributed by atoms with Crippen molar-refractivity contribution in [3.8, 4) is 11.5 Å². The fourth-order valence-electron chi connectivity index (χ4n) is 8.38. The predicted octanol–water partition coefficient (Wildman–Crippen LogP) is 4.33. The number of likely N-dealkylation sites (tertiary alicyclic amines) is 1. The Morgan fingerprint density at radius 3 is 2.77 bits per heavy atom. The summed E-state index contributed by atoms with van der Waals surface area (Å²) in [6, 6.07) is 14.8. The fourth-order valence-corrected chi connectivity index (χ4v) is 8.38. The lowest BCUT2D eigenvalue weighted by Crippen LogP contribution is -2.81. The number of quaternary nitrogens is 1. The molecule has 0 radical (unpaired) electrons. The summed E-state index contributed by atoms with van der Waals surface area (Å²) in [4.78, 5) is 13.4. The number of hydrogen-bond donors (Lipinski definition) is 1. The summed E-state index contributed by atoms with van der Waals surface area (Å²) in [6.07, 6.45) is 7.16. The minimum Gasteiger partial charge on any atom is -0.504 e. The second kappa shape index (κ2) is 7.57. The number of ether oxygens (including phenoxy) is 2. The van der Waals surface area contributed by atoms with Crippen molar-refractivity contribution in [1.29, 1.82) is 0 Å². The highest BCUT2D eigenvalue weighted by Gasteiger charge is 2.77. The van der Waals surface area contributed by atoms with Gasteiger partial charge in [-0.15, -0.1) is 0 Å². The molecule has 5 atom stereocenters. The van der Waals surface area contributed by atoms with Crippen LogP contribution in [0.25, 0.3) is 0 Å². The molecule has 1 spiro atoms. The molecule has 5 aliphatic rings. The number of phenolic OH excluding ortho intramolecular Hbond substituents is 1. The first kappa shape index (κ1) is 21.9. The van der Waals surface area contributed by atoms with Crippen LogP contribution in [0, 0.1) is 5.92 Å². The molecule has 1 saturated heterocycles. The van der Waals surface area contributed by atoms with Crippen LogP contribution in [-0.2, 0) is 27.8 Å². The maximum Gasteiger partial charge on any atom is 0.174 e. The molecule has 2 aromatic carbocycles. The molecule has 7 rings (SSSR count). The highest BCUT2D eigenvalue weighted by atomic mass is 16.5. The van der Waals surface area contributed by atoms with E-state index in [0.29, 0.717) is 24.8 Å². The van der Waals surface area contributed by atoms with E-state index in [2.05, 4.69) is 43.4 Å². The maximum absolute atomic E-state index is 13.4. The van der Waals surface area contributed by atoms with Crippen LogP contribution in [0.4, 0.5) is 0 Å². The lowest BCUT2D eigenvalue weighted by Gasteiger charge is -2.66. The van der Waals surface area contributed by atoms with E-state index in [1.807, 2.05) is 0 Å². The molecule has 5 heteroatoms. The van der Waals surface area contributed by atoms with Crippen LogP contribution in [0.5, 0.6) is 11.5 Å². The third-order valence-corrected chi connectivity index (χ3v) is 10.0. The third kappa shape index (κ3) is 2.97. The molecule has 35 heavy (non-hydrogen) atoms. The zero-order valence-electron chi connectivity index (χ0n) is 20.7. The highest BCUT2D eigenvalue weighted by Crippen LogP contribution is 2.67. The van der Waals surface area contributed by atoms with Crippen molar-refractivity contribution in [1.82, 2.24) is 0 Å². The Morgan fingerprint density at radius 1 is 1.14 bits per heavy atom. The zero-order valence-corrected chi connectivity index (χ0v) is 20.7. The van der Waals surface area contributed by atoms with Gasteiger partial charge in [0.2, 0.25) is 0 Å². The number of phenols is 1. The summed E-state index contributed by atoms with van der Waals surface area (Å²) in [5.74, 6) is 1.71. The first-order chi connectivity index (χ1) is 17.0. The lowest BCUT2D eigenvalue weighted by molar-refractivity contribution is -0.950. The number of piperidine rings is 1. The number of hydrogen-bond acceptors (Lipinski definition) is 4. The van der Waals surface area contributed by atoms with Gasteiger partial charge in [0.15, 0.2) is 23.4 Å². The van der Waals surface area contributed by atoms with Crippen LogP contribution in [-0.4, -0.2) is 59.9 Å². The summed E-state index contributed by atoms with van der Waals surface area (Å²) in [5.41, 5.74) is 2.76. The number of likely N-dealkylation sites (N-methyl/N-ethyl adjacent to an activating group) is 1. The van der Waals surface area contributed by atoms with Gasteiger partial charge in [-0.25, -0.2) is 0 Å². The molecule has 2 aliphatic heterocycles. The first-order valence-corrected chi connectivity index (χ1v) is 13.5. The van der Waals surface area contributed by atoms with E-state index in [1.165, 1.54) is 30.5 Å². The predicted molar refractivity (Wildman–Crippen MR) is 133 cm³/mol. The van der Waals surface area contributed by atoms with Crippen LogP contribution < -0.4 is 4.74 Å². The van der Waals surface area contributed by atoms with Crippen LogP contribution >= 0.6 is 0 Å². The Labute approximate surface area is 207 Å². The Bertz CT molecular complexity index is 1180. The van der Waals surface area contributed by atoms with Gasteiger partial charge >= 0.3 is 0 Å². The monoisotopic (exact) mass is 474 g/mol. The van der Waals surface area contributed by atoms with E-state index in [0.717, 1.165) is 54.6 Å². The van der Waals surface area contributed by atoms with E-state index < -0.39 is 17.1 Å². The number of rotatable bonds is 7. The lowest BCUT2D eigenvalue weighted by atomic mass is 9.48. The molecule has 2 aromatic rings.